The van der Waals surface area contributed by atoms with Crippen LogP contribution in [0.25, 0.3) is 0 Å². The Balaban J connectivity index is 1.79. The maximum Gasteiger partial charge on any atom is 0.339 e. The minimum atomic E-state index is -0.901. The summed E-state index contributed by atoms with van der Waals surface area (Å²) in [4.78, 5) is 13.6. The van der Waals surface area contributed by atoms with Crippen molar-refractivity contribution in [3.8, 4) is 0 Å². The zero-order chi connectivity index (χ0) is 14.1. The molecule has 1 aromatic heterocycles. The van der Waals surface area contributed by atoms with Crippen molar-refractivity contribution in [2.75, 3.05) is 13.2 Å². The summed E-state index contributed by atoms with van der Waals surface area (Å²) in [5, 5.41) is 13.3. The van der Waals surface area contributed by atoms with Crippen molar-refractivity contribution in [1.82, 2.24) is 14.7 Å². The maximum absolute atomic E-state index is 11.3. The standard InChI is InChI=1S/C14H21N3O3/c1-16-12(10(8-15-16)14(18)19)9-17-6-7-20-13-5-3-2-4-11(13)17/h8,11,13H,2-7,9H2,1H3,(H,18,19). The first kappa shape index (κ1) is 13.6. The zero-order valence-electron chi connectivity index (χ0n) is 11.8. The highest BCUT2D eigenvalue weighted by atomic mass is 16.5. The van der Waals surface area contributed by atoms with E-state index in [2.05, 4.69) is 10.00 Å². The van der Waals surface area contributed by atoms with Crippen LogP contribution in [0, 0.1) is 0 Å². The number of nitrogens with zero attached hydrogens (tertiary/aromatic N) is 3. The van der Waals surface area contributed by atoms with E-state index in [-0.39, 0.29) is 0 Å². The van der Waals surface area contributed by atoms with Crippen LogP contribution in [0.1, 0.15) is 41.7 Å². The van der Waals surface area contributed by atoms with Crippen LogP contribution in [-0.4, -0.2) is 51.1 Å². The Bertz CT molecular complexity index is 498. The Morgan fingerprint density at radius 2 is 2.30 bits per heavy atom. The molecule has 6 nitrogen and oxygen atoms in total. The average Bonchev–Trinajstić information content (AvgIpc) is 2.81. The highest BCUT2D eigenvalue weighted by Crippen LogP contribution is 2.29. The lowest BCUT2D eigenvalue weighted by atomic mass is 9.90. The summed E-state index contributed by atoms with van der Waals surface area (Å²) in [6.07, 6.45) is 6.50. The maximum atomic E-state index is 11.3. The van der Waals surface area contributed by atoms with Crippen molar-refractivity contribution in [1.29, 1.82) is 0 Å². The van der Waals surface area contributed by atoms with Gasteiger partial charge in [-0.3, -0.25) is 9.58 Å². The first-order valence-corrected chi connectivity index (χ1v) is 7.26. The summed E-state index contributed by atoms with van der Waals surface area (Å²) in [5.74, 6) is -0.901. The summed E-state index contributed by atoms with van der Waals surface area (Å²) in [5.41, 5.74) is 1.09. The molecule has 0 amide bonds. The van der Waals surface area contributed by atoms with E-state index in [1.807, 2.05) is 0 Å². The van der Waals surface area contributed by atoms with Gasteiger partial charge in [0.1, 0.15) is 5.56 Å². The van der Waals surface area contributed by atoms with Crippen LogP contribution in [0.15, 0.2) is 6.20 Å². The normalized spacial score (nSPS) is 27.2. The molecule has 3 rings (SSSR count). The SMILES string of the molecule is Cn1ncc(C(=O)O)c1CN1CCOC2CCCCC21. The molecule has 2 aliphatic rings. The van der Waals surface area contributed by atoms with Gasteiger partial charge < -0.3 is 9.84 Å². The van der Waals surface area contributed by atoms with Crippen molar-refractivity contribution in [3.63, 3.8) is 0 Å². The van der Waals surface area contributed by atoms with Gasteiger partial charge >= 0.3 is 5.97 Å². The molecule has 6 heteroatoms. The quantitative estimate of drug-likeness (QED) is 0.902. The van der Waals surface area contributed by atoms with Crippen LogP contribution in [0.3, 0.4) is 0 Å². The summed E-state index contributed by atoms with van der Waals surface area (Å²) < 4.78 is 7.54. The van der Waals surface area contributed by atoms with Crippen LogP contribution in [-0.2, 0) is 18.3 Å². The number of hydrogen-bond donors (Lipinski definition) is 1. The van der Waals surface area contributed by atoms with Crippen molar-refractivity contribution in [3.05, 3.63) is 17.5 Å². The predicted molar refractivity (Wildman–Crippen MR) is 72.6 cm³/mol. The Hall–Kier alpha value is -1.40. The van der Waals surface area contributed by atoms with Gasteiger partial charge in [-0.15, -0.1) is 0 Å². The van der Waals surface area contributed by atoms with E-state index >= 15 is 0 Å². The molecular formula is C14H21N3O3. The molecular weight excluding hydrogens is 258 g/mol. The van der Waals surface area contributed by atoms with Gasteiger partial charge in [-0.2, -0.15) is 5.10 Å². The second-order valence-corrected chi connectivity index (χ2v) is 5.67. The van der Waals surface area contributed by atoms with E-state index in [4.69, 9.17) is 4.74 Å². The molecule has 2 atom stereocenters. The van der Waals surface area contributed by atoms with Crippen molar-refractivity contribution in [2.24, 2.45) is 7.05 Å². The second-order valence-electron chi connectivity index (χ2n) is 5.67. The van der Waals surface area contributed by atoms with E-state index in [1.165, 1.54) is 19.0 Å². The van der Waals surface area contributed by atoms with Gasteiger partial charge in [0.25, 0.3) is 0 Å². The highest BCUT2D eigenvalue weighted by molar-refractivity contribution is 5.88. The van der Waals surface area contributed by atoms with Crippen LogP contribution < -0.4 is 0 Å². The third kappa shape index (κ3) is 2.45. The number of aryl methyl sites for hydroxylation is 1. The molecule has 1 aliphatic heterocycles. The molecule has 0 spiro atoms. The molecule has 0 radical (unpaired) electrons. The monoisotopic (exact) mass is 279 g/mol. The number of carboxylic acids is 1. The third-order valence-corrected chi connectivity index (χ3v) is 4.49. The summed E-state index contributed by atoms with van der Waals surface area (Å²) >= 11 is 0. The minimum absolute atomic E-state index is 0.311. The van der Waals surface area contributed by atoms with Crippen molar-refractivity contribution in [2.45, 2.75) is 44.4 Å². The lowest BCUT2D eigenvalue weighted by Crippen LogP contribution is -2.52. The van der Waals surface area contributed by atoms with Gasteiger partial charge in [-0.25, -0.2) is 4.79 Å². The van der Waals surface area contributed by atoms with Crippen LogP contribution in [0.4, 0.5) is 0 Å². The van der Waals surface area contributed by atoms with Gasteiger partial charge in [-0.05, 0) is 12.8 Å². The topological polar surface area (TPSA) is 67.6 Å². The number of hydrogen-bond acceptors (Lipinski definition) is 4. The molecule has 110 valence electrons. The average molecular weight is 279 g/mol. The van der Waals surface area contributed by atoms with E-state index in [1.54, 1.807) is 11.7 Å². The van der Waals surface area contributed by atoms with E-state index in [9.17, 15) is 9.90 Å². The van der Waals surface area contributed by atoms with Gasteiger partial charge in [0.15, 0.2) is 0 Å². The smallest absolute Gasteiger partial charge is 0.339 e. The molecule has 20 heavy (non-hydrogen) atoms. The number of carboxylic acid groups (broad SMARTS) is 1. The molecule has 1 aromatic rings. The Morgan fingerprint density at radius 3 is 3.10 bits per heavy atom. The van der Waals surface area contributed by atoms with Crippen LogP contribution in [0.2, 0.25) is 0 Å². The molecule has 2 fully saturated rings. The fourth-order valence-corrected chi connectivity index (χ4v) is 3.39. The van der Waals surface area contributed by atoms with E-state index < -0.39 is 5.97 Å². The van der Waals surface area contributed by atoms with Crippen LogP contribution >= 0.6 is 0 Å². The number of carbonyl (C=O) groups is 1. The predicted octanol–water partition coefficient (Wildman–Crippen LogP) is 1.26. The lowest BCUT2D eigenvalue weighted by Gasteiger charge is -2.43. The third-order valence-electron chi connectivity index (χ3n) is 4.49. The molecule has 1 saturated carbocycles. The molecule has 1 saturated heterocycles. The molecule has 1 N–H and O–H groups in total. The van der Waals surface area contributed by atoms with Gasteiger partial charge in [0, 0.05) is 26.2 Å². The van der Waals surface area contributed by atoms with Gasteiger partial charge in [-0.1, -0.05) is 12.8 Å². The number of rotatable bonds is 3. The fourth-order valence-electron chi connectivity index (χ4n) is 3.39. The molecule has 2 heterocycles. The minimum Gasteiger partial charge on any atom is -0.478 e. The molecule has 0 bridgehead atoms. The van der Waals surface area contributed by atoms with Gasteiger partial charge in [0.05, 0.1) is 24.6 Å². The van der Waals surface area contributed by atoms with Crippen molar-refractivity contribution < 1.29 is 14.6 Å². The fraction of sp³-hybridized carbons (Fsp3) is 0.714. The summed E-state index contributed by atoms with van der Waals surface area (Å²) in [6.45, 7) is 2.25. The molecule has 0 aromatic carbocycles. The first-order valence-electron chi connectivity index (χ1n) is 7.26. The molecule has 2 unspecified atom stereocenters. The number of aromatic carboxylic acids is 1. The zero-order valence-corrected chi connectivity index (χ0v) is 11.8. The summed E-state index contributed by atoms with van der Waals surface area (Å²) in [7, 11) is 1.81. The second kappa shape index (κ2) is 5.54. The van der Waals surface area contributed by atoms with Crippen molar-refractivity contribution >= 4 is 5.97 Å². The highest BCUT2D eigenvalue weighted by Gasteiger charge is 2.35. The Morgan fingerprint density at radius 1 is 1.50 bits per heavy atom. The van der Waals surface area contributed by atoms with E-state index in [0.29, 0.717) is 24.3 Å². The largest absolute Gasteiger partial charge is 0.478 e. The van der Waals surface area contributed by atoms with E-state index in [0.717, 1.165) is 31.7 Å². The molecule has 1 aliphatic carbocycles. The number of fused-ring (bicyclic) bond motifs is 1. The Kier molecular flexibility index (Phi) is 3.76. The number of ether oxygens (including phenoxy) is 1. The summed E-state index contributed by atoms with van der Waals surface area (Å²) in [6, 6.07) is 0.425. The van der Waals surface area contributed by atoms with Gasteiger partial charge in [0.2, 0.25) is 0 Å². The van der Waals surface area contributed by atoms with Crippen LogP contribution in [0.5, 0.6) is 0 Å². The lowest BCUT2D eigenvalue weighted by molar-refractivity contribution is -0.0917. The Labute approximate surface area is 118 Å². The first-order chi connectivity index (χ1) is 9.66. The number of aromatic nitrogens is 2. The number of morpholine rings is 1.